The normalized spacial score (nSPS) is 19.0. The molecule has 1 atom stereocenters. The zero-order chi connectivity index (χ0) is 23.0. The van der Waals surface area contributed by atoms with E-state index in [0.29, 0.717) is 0 Å². The molecule has 12 heteroatoms. The lowest BCUT2D eigenvalue weighted by Gasteiger charge is -2.29. The van der Waals surface area contributed by atoms with Crippen molar-refractivity contribution in [3.05, 3.63) is 63.6 Å². The third-order valence-electron chi connectivity index (χ3n) is 4.50. The number of nitrogens with zero attached hydrogens (tertiary/aromatic N) is 1. The van der Waals surface area contributed by atoms with Crippen LogP contribution in [0.25, 0.3) is 0 Å². The number of nitrogens with one attached hydrogen (secondary N) is 1. The van der Waals surface area contributed by atoms with Gasteiger partial charge in [0.2, 0.25) is 0 Å². The molecule has 166 valence electrons. The van der Waals surface area contributed by atoms with Crippen LogP contribution in [0.5, 0.6) is 0 Å². The van der Waals surface area contributed by atoms with Gasteiger partial charge in [-0.1, -0.05) is 40.5 Å². The number of carbonyl (C=O) groups is 1. The molecule has 2 aromatic carbocycles. The van der Waals surface area contributed by atoms with Crippen LogP contribution in [0, 0.1) is 0 Å². The molecule has 1 unspecified atom stereocenters. The molecule has 3 rings (SSSR count). The van der Waals surface area contributed by atoms with E-state index in [1.54, 1.807) is 0 Å². The highest BCUT2D eigenvalue weighted by molar-refractivity contribution is 6.34. The molecule has 1 aliphatic rings. The predicted molar refractivity (Wildman–Crippen MR) is 102 cm³/mol. The molecule has 31 heavy (non-hydrogen) atoms. The number of alkyl halides is 6. The van der Waals surface area contributed by atoms with Crippen molar-refractivity contribution in [1.82, 2.24) is 0 Å². The smallest absolute Gasteiger partial charge is 0.378 e. The monoisotopic (exact) mass is 484 g/mol. The zero-order valence-electron chi connectivity index (χ0n) is 15.2. The van der Waals surface area contributed by atoms with Crippen molar-refractivity contribution in [3.8, 4) is 0 Å². The zero-order valence-corrected chi connectivity index (χ0v) is 16.8. The van der Waals surface area contributed by atoms with Gasteiger partial charge in [0.05, 0.1) is 12.3 Å². The number of carbonyl (C=O) groups excluding carboxylic acids is 1. The minimum atomic E-state index is -4.97. The van der Waals surface area contributed by atoms with Crippen molar-refractivity contribution in [2.24, 2.45) is 5.16 Å². The second-order valence-corrected chi connectivity index (χ2v) is 7.51. The van der Waals surface area contributed by atoms with E-state index in [-0.39, 0.29) is 32.6 Å². The third kappa shape index (κ3) is 4.90. The summed E-state index contributed by atoms with van der Waals surface area (Å²) in [5, 5.41) is 5.87. The molecule has 1 aliphatic heterocycles. The van der Waals surface area contributed by atoms with Gasteiger partial charge >= 0.3 is 12.4 Å². The summed E-state index contributed by atoms with van der Waals surface area (Å²) in [7, 11) is 0. The van der Waals surface area contributed by atoms with E-state index in [2.05, 4.69) is 10.5 Å². The fourth-order valence-corrected chi connectivity index (χ4v) is 3.43. The lowest BCUT2D eigenvalue weighted by Crippen LogP contribution is -2.42. The summed E-state index contributed by atoms with van der Waals surface area (Å²) >= 11 is 11.7. The van der Waals surface area contributed by atoms with E-state index in [4.69, 9.17) is 28.0 Å². The van der Waals surface area contributed by atoms with Gasteiger partial charge in [-0.2, -0.15) is 26.3 Å². The van der Waals surface area contributed by atoms with Gasteiger partial charge in [0.15, 0.2) is 0 Å². The highest BCUT2D eigenvalue weighted by Gasteiger charge is 2.62. The second kappa shape index (κ2) is 8.23. The Kier molecular flexibility index (Phi) is 6.16. The summed E-state index contributed by atoms with van der Waals surface area (Å²) in [6, 6.07) is 8.77. The van der Waals surface area contributed by atoms with Gasteiger partial charge in [0.1, 0.15) is 0 Å². The van der Waals surface area contributed by atoms with E-state index in [1.807, 2.05) is 0 Å². The fourth-order valence-electron chi connectivity index (χ4n) is 2.91. The Bertz CT molecular complexity index is 1000. The average Bonchev–Trinajstić information content (AvgIpc) is 3.12. The molecule has 0 fully saturated rings. The largest absolute Gasteiger partial charge is 0.451 e. The number of Topliss-reactive ketones (excluding diaryl/α,β-unsaturated/α-hetero) is 1. The van der Waals surface area contributed by atoms with Crippen LogP contribution < -0.4 is 5.32 Å². The molecule has 0 amide bonds. The van der Waals surface area contributed by atoms with Gasteiger partial charge in [0.25, 0.3) is 11.4 Å². The molecule has 0 spiro atoms. The molecule has 0 radical (unpaired) electrons. The van der Waals surface area contributed by atoms with Crippen molar-refractivity contribution in [2.45, 2.75) is 24.4 Å². The molecule has 0 bridgehead atoms. The Morgan fingerprint density at radius 2 is 1.61 bits per heavy atom. The van der Waals surface area contributed by atoms with E-state index in [1.165, 1.54) is 30.3 Å². The van der Waals surface area contributed by atoms with Crippen LogP contribution in [0.4, 0.5) is 32.0 Å². The topological polar surface area (TPSA) is 50.7 Å². The molecule has 1 N–H and O–H groups in total. The van der Waals surface area contributed by atoms with Gasteiger partial charge in [-0.15, -0.1) is 0 Å². The number of rotatable bonds is 5. The molecular formula is C19H12Cl2F6N2O2. The van der Waals surface area contributed by atoms with Crippen molar-refractivity contribution in [3.63, 3.8) is 0 Å². The van der Waals surface area contributed by atoms with Gasteiger partial charge in [-0.3, -0.25) is 4.79 Å². The minimum Gasteiger partial charge on any atom is -0.378 e. The molecule has 0 aliphatic carbocycles. The first-order valence-electron chi connectivity index (χ1n) is 8.54. The van der Waals surface area contributed by atoms with Gasteiger partial charge < -0.3 is 10.2 Å². The maximum atomic E-state index is 14.0. The van der Waals surface area contributed by atoms with Crippen molar-refractivity contribution in [2.75, 3.05) is 11.9 Å². The Labute approximate surface area is 181 Å². The summed E-state index contributed by atoms with van der Waals surface area (Å²) in [4.78, 5) is 15.8. The molecule has 0 saturated heterocycles. The van der Waals surface area contributed by atoms with Gasteiger partial charge in [0, 0.05) is 27.7 Å². The molecule has 0 aromatic heterocycles. The van der Waals surface area contributed by atoms with E-state index >= 15 is 0 Å². The van der Waals surface area contributed by atoms with E-state index in [0.717, 1.165) is 12.1 Å². The van der Waals surface area contributed by atoms with Crippen LogP contribution in [0.1, 0.15) is 17.5 Å². The first-order valence-corrected chi connectivity index (χ1v) is 9.30. The Balaban J connectivity index is 1.80. The highest BCUT2D eigenvalue weighted by Crippen LogP contribution is 2.49. The SMILES string of the molecule is O=C(CNc1ccc(C2=NOC(c3cc(Cl)cc(Cl)c3)(C(F)(F)F)C2)cc1)C(F)(F)F. The summed E-state index contributed by atoms with van der Waals surface area (Å²) in [6.45, 7) is -0.973. The molecule has 1 heterocycles. The number of benzene rings is 2. The maximum Gasteiger partial charge on any atom is 0.451 e. The average molecular weight is 485 g/mol. The number of ketones is 1. The van der Waals surface area contributed by atoms with Crippen LogP contribution in [0.3, 0.4) is 0 Å². The predicted octanol–water partition coefficient (Wildman–Crippen LogP) is 6.12. The summed E-state index contributed by atoms with van der Waals surface area (Å²) in [5.74, 6) is -1.96. The molecule has 0 saturated carbocycles. The quantitative estimate of drug-likeness (QED) is 0.520. The Morgan fingerprint density at radius 3 is 2.13 bits per heavy atom. The van der Waals surface area contributed by atoms with Crippen LogP contribution in [-0.4, -0.2) is 30.4 Å². The summed E-state index contributed by atoms with van der Waals surface area (Å²) < 4.78 is 78.7. The molecule has 2 aromatic rings. The number of oxime groups is 1. The van der Waals surface area contributed by atoms with Crippen LogP contribution in [0.15, 0.2) is 47.6 Å². The van der Waals surface area contributed by atoms with Gasteiger partial charge in [-0.05, 0) is 35.9 Å². The number of anilines is 1. The minimum absolute atomic E-state index is 0.00740. The van der Waals surface area contributed by atoms with Crippen LogP contribution >= 0.6 is 23.2 Å². The lowest BCUT2D eigenvalue weighted by atomic mass is 9.86. The highest BCUT2D eigenvalue weighted by atomic mass is 35.5. The van der Waals surface area contributed by atoms with Crippen molar-refractivity contribution >= 4 is 40.4 Å². The van der Waals surface area contributed by atoms with Gasteiger partial charge in [-0.25, -0.2) is 0 Å². The number of hydrogen-bond acceptors (Lipinski definition) is 4. The van der Waals surface area contributed by atoms with Crippen molar-refractivity contribution < 1.29 is 36.0 Å². The fraction of sp³-hybridized carbons (Fsp3) is 0.263. The Morgan fingerprint density at radius 1 is 1.03 bits per heavy atom. The maximum absolute atomic E-state index is 14.0. The first kappa shape index (κ1) is 23.2. The first-order chi connectivity index (χ1) is 14.3. The molecular weight excluding hydrogens is 473 g/mol. The third-order valence-corrected chi connectivity index (χ3v) is 4.94. The standard InChI is InChI=1S/C19H12Cl2F6N2O2/c20-12-5-11(6-13(21)7-12)17(19(25,26)27)8-15(29-31-17)10-1-3-14(4-2-10)28-9-16(30)18(22,23)24/h1-7,28H,8-9H2. The lowest BCUT2D eigenvalue weighted by molar-refractivity contribution is -0.275. The summed E-state index contributed by atoms with van der Waals surface area (Å²) in [6.07, 6.45) is -10.5. The summed E-state index contributed by atoms with van der Waals surface area (Å²) in [5.41, 5.74) is -2.73. The Hall–Kier alpha value is -2.46. The van der Waals surface area contributed by atoms with Crippen LogP contribution in [-0.2, 0) is 15.2 Å². The second-order valence-electron chi connectivity index (χ2n) is 6.64. The van der Waals surface area contributed by atoms with Crippen LogP contribution in [0.2, 0.25) is 10.0 Å². The van der Waals surface area contributed by atoms with E-state index in [9.17, 15) is 31.1 Å². The number of hydrogen-bond donors (Lipinski definition) is 1. The molecule has 4 nitrogen and oxygen atoms in total. The number of halogens is 8. The van der Waals surface area contributed by atoms with Crippen molar-refractivity contribution in [1.29, 1.82) is 0 Å². The van der Waals surface area contributed by atoms with E-state index < -0.39 is 36.7 Å².